The van der Waals surface area contributed by atoms with Gasteiger partial charge in [-0.1, -0.05) is 12.1 Å². The Morgan fingerprint density at radius 1 is 1.28 bits per heavy atom. The number of halogens is 3. The summed E-state index contributed by atoms with van der Waals surface area (Å²) in [5, 5.41) is 0. The number of methoxy groups -OCH3 is 1. The van der Waals surface area contributed by atoms with Crippen molar-refractivity contribution in [1.29, 1.82) is 0 Å². The van der Waals surface area contributed by atoms with E-state index < -0.39 is 18.2 Å². The molecule has 6 heteroatoms. The maximum atomic E-state index is 12.2. The second-order valence-corrected chi connectivity index (χ2v) is 3.70. The lowest BCUT2D eigenvalue weighted by molar-refractivity contribution is -0.189. The molecule has 0 heterocycles. The number of carbonyl (C=O) groups is 1. The van der Waals surface area contributed by atoms with Gasteiger partial charge in [-0.2, -0.15) is 13.2 Å². The van der Waals surface area contributed by atoms with E-state index in [1.54, 1.807) is 0 Å². The molecule has 1 aromatic carbocycles. The van der Waals surface area contributed by atoms with Crippen molar-refractivity contribution >= 4 is 5.97 Å². The summed E-state index contributed by atoms with van der Waals surface area (Å²) in [4.78, 5) is 11.0. The zero-order valence-electron chi connectivity index (χ0n) is 9.95. The fourth-order valence-electron chi connectivity index (χ4n) is 1.20. The lowest BCUT2D eigenvalue weighted by Crippen LogP contribution is -2.31. The molecule has 0 aliphatic carbocycles. The van der Waals surface area contributed by atoms with E-state index in [1.807, 2.05) is 0 Å². The average Bonchev–Trinajstić information content (AvgIpc) is 2.30. The summed E-state index contributed by atoms with van der Waals surface area (Å²) in [6, 6.07) is 5.83. The number of hydrogen-bond acceptors (Lipinski definition) is 3. The summed E-state index contributed by atoms with van der Waals surface area (Å²) < 4.78 is 45.9. The molecule has 0 aliphatic rings. The van der Waals surface area contributed by atoms with Gasteiger partial charge >= 0.3 is 12.1 Å². The molecule has 0 aliphatic heterocycles. The van der Waals surface area contributed by atoms with E-state index in [-0.39, 0.29) is 12.2 Å². The van der Waals surface area contributed by atoms with Gasteiger partial charge in [0.05, 0.1) is 13.5 Å². The fraction of sp³-hybridized carbons (Fsp3) is 0.417. The number of esters is 1. The average molecular weight is 262 g/mol. The summed E-state index contributed by atoms with van der Waals surface area (Å²) in [5.74, 6) is -0.305. The monoisotopic (exact) mass is 262 g/mol. The number of alkyl halides is 3. The van der Waals surface area contributed by atoms with Crippen LogP contribution < -0.4 is 4.74 Å². The van der Waals surface area contributed by atoms with Crippen LogP contribution in [0.4, 0.5) is 13.2 Å². The zero-order chi connectivity index (χ0) is 13.8. The van der Waals surface area contributed by atoms with Gasteiger partial charge in [0.2, 0.25) is 0 Å². The van der Waals surface area contributed by atoms with Gasteiger partial charge in [0, 0.05) is 0 Å². The number of hydrogen-bond donors (Lipinski definition) is 0. The first-order valence-electron chi connectivity index (χ1n) is 5.22. The van der Waals surface area contributed by atoms with E-state index in [0.717, 1.165) is 6.92 Å². The first-order valence-corrected chi connectivity index (χ1v) is 5.22. The van der Waals surface area contributed by atoms with Crippen LogP contribution in [0.15, 0.2) is 24.3 Å². The van der Waals surface area contributed by atoms with Crippen LogP contribution in [0.1, 0.15) is 12.5 Å². The molecule has 0 fully saturated rings. The van der Waals surface area contributed by atoms with Gasteiger partial charge in [-0.25, -0.2) is 0 Å². The first-order chi connectivity index (χ1) is 8.32. The lowest BCUT2D eigenvalue weighted by atomic mass is 10.1. The first kappa shape index (κ1) is 14.3. The van der Waals surface area contributed by atoms with Crippen molar-refractivity contribution in [2.45, 2.75) is 25.6 Å². The predicted octanol–water partition coefficient (Wildman–Crippen LogP) is 2.73. The van der Waals surface area contributed by atoms with Gasteiger partial charge in [0.1, 0.15) is 5.75 Å². The van der Waals surface area contributed by atoms with E-state index >= 15 is 0 Å². The van der Waals surface area contributed by atoms with Crippen molar-refractivity contribution in [3.05, 3.63) is 29.8 Å². The van der Waals surface area contributed by atoms with E-state index in [9.17, 15) is 18.0 Å². The Hall–Kier alpha value is -1.72. The molecule has 1 rings (SSSR count). The van der Waals surface area contributed by atoms with Gasteiger partial charge < -0.3 is 9.47 Å². The molecule has 1 atom stereocenters. The summed E-state index contributed by atoms with van der Waals surface area (Å²) in [6.45, 7) is 0.933. The van der Waals surface area contributed by atoms with Gasteiger partial charge in [-0.15, -0.1) is 0 Å². The molecule has 0 amide bonds. The van der Waals surface area contributed by atoms with Crippen molar-refractivity contribution in [3.63, 3.8) is 0 Å². The highest BCUT2D eigenvalue weighted by Crippen LogP contribution is 2.25. The van der Waals surface area contributed by atoms with Crippen LogP contribution in [0.3, 0.4) is 0 Å². The number of ether oxygens (including phenoxy) is 2. The molecule has 0 aromatic heterocycles. The quantitative estimate of drug-likeness (QED) is 0.783. The molecule has 1 unspecified atom stereocenters. The van der Waals surface area contributed by atoms with Gasteiger partial charge in [0.25, 0.3) is 0 Å². The van der Waals surface area contributed by atoms with Crippen LogP contribution in [-0.2, 0) is 16.0 Å². The minimum atomic E-state index is -4.40. The standard InChI is InChI=1S/C12H13F3O3/c1-8(12(13,14)15)18-10-5-3-9(4-6-10)7-11(16)17-2/h3-6,8H,7H2,1-2H3. The van der Waals surface area contributed by atoms with Crippen LogP contribution in [0.2, 0.25) is 0 Å². The van der Waals surface area contributed by atoms with Crippen molar-refractivity contribution < 1.29 is 27.4 Å². The molecule has 0 radical (unpaired) electrons. The fourth-order valence-corrected chi connectivity index (χ4v) is 1.20. The Labute approximate surface area is 103 Å². The second kappa shape index (κ2) is 5.75. The molecule has 0 N–H and O–H groups in total. The molecular weight excluding hydrogens is 249 g/mol. The third-order valence-electron chi connectivity index (χ3n) is 2.27. The van der Waals surface area contributed by atoms with E-state index in [0.29, 0.717) is 5.56 Å². The van der Waals surface area contributed by atoms with Crippen LogP contribution >= 0.6 is 0 Å². The Morgan fingerprint density at radius 2 is 1.83 bits per heavy atom. The van der Waals surface area contributed by atoms with Gasteiger partial charge in [-0.3, -0.25) is 4.79 Å². The van der Waals surface area contributed by atoms with Crippen molar-refractivity contribution in [2.75, 3.05) is 7.11 Å². The molecular formula is C12H13F3O3. The number of rotatable bonds is 4. The van der Waals surface area contributed by atoms with Crippen molar-refractivity contribution in [2.24, 2.45) is 0 Å². The summed E-state index contributed by atoms with van der Waals surface area (Å²) in [6.07, 6.45) is -6.19. The topological polar surface area (TPSA) is 35.5 Å². The highest BCUT2D eigenvalue weighted by molar-refractivity contribution is 5.72. The predicted molar refractivity (Wildman–Crippen MR) is 58.3 cm³/mol. The Bertz CT molecular complexity index is 398. The van der Waals surface area contributed by atoms with Crippen molar-refractivity contribution in [1.82, 2.24) is 0 Å². The molecule has 3 nitrogen and oxygen atoms in total. The highest BCUT2D eigenvalue weighted by atomic mass is 19.4. The molecule has 1 aromatic rings. The van der Waals surface area contributed by atoms with Crippen molar-refractivity contribution in [3.8, 4) is 5.75 Å². The molecule has 0 bridgehead atoms. The Balaban J connectivity index is 2.63. The second-order valence-electron chi connectivity index (χ2n) is 3.70. The van der Waals surface area contributed by atoms with E-state index in [1.165, 1.54) is 31.4 Å². The number of benzene rings is 1. The van der Waals surface area contributed by atoms with Gasteiger partial charge in [0.15, 0.2) is 6.10 Å². The Kier molecular flexibility index (Phi) is 4.58. The molecule has 0 saturated carbocycles. The van der Waals surface area contributed by atoms with Crippen LogP contribution in [-0.4, -0.2) is 25.4 Å². The normalized spacial score (nSPS) is 12.9. The van der Waals surface area contributed by atoms with E-state index in [2.05, 4.69) is 4.74 Å². The minimum absolute atomic E-state index is 0.0750. The lowest BCUT2D eigenvalue weighted by Gasteiger charge is -2.17. The molecule has 0 saturated heterocycles. The maximum absolute atomic E-state index is 12.2. The third kappa shape index (κ3) is 4.27. The SMILES string of the molecule is COC(=O)Cc1ccc(OC(C)C(F)(F)F)cc1. The molecule has 100 valence electrons. The van der Waals surface area contributed by atoms with Crippen LogP contribution in [0.25, 0.3) is 0 Å². The maximum Gasteiger partial charge on any atom is 0.425 e. The van der Waals surface area contributed by atoms with Crippen LogP contribution in [0, 0.1) is 0 Å². The van der Waals surface area contributed by atoms with Crippen LogP contribution in [0.5, 0.6) is 5.75 Å². The number of carbonyl (C=O) groups excluding carboxylic acids is 1. The molecule has 0 spiro atoms. The van der Waals surface area contributed by atoms with E-state index in [4.69, 9.17) is 4.74 Å². The highest BCUT2D eigenvalue weighted by Gasteiger charge is 2.37. The minimum Gasteiger partial charge on any atom is -0.481 e. The summed E-state index contributed by atoms with van der Waals surface area (Å²) in [5.41, 5.74) is 0.647. The Morgan fingerprint density at radius 3 is 2.28 bits per heavy atom. The molecule has 18 heavy (non-hydrogen) atoms. The largest absolute Gasteiger partial charge is 0.481 e. The van der Waals surface area contributed by atoms with Gasteiger partial charge in [-0.05, 0) is 24.6 Å². The smallest absolute Gasteiger partial charge is 0.425 e. The summed E-state index contributed by atoms with van der Waals surface area (Å²) >= 11 is 0. The summed E-state index contributed by atoms with van der Waals surface area (Å²) in [7, 11) is 1.27. The zero-order valence-corrected chi connectivity index (χ0v) is 9.95. The third-order valence-corrected chi connectivity index (χ3v) is 2.27.